The highest BCUT2D eigenvalue weighted by molar-refractivity contribution is 6.02. The van der Waals surface area contributed by atoms with Gasteiger partial charge in [0.1, 0.15) is 18.1 Å². The molecule has 96 valence electrons. The third-order valence-corrected chi connectivity index (χ3v) is 2.11. The van der Waals surface area contributed by atoms with Gasteiger partial charge >= 0.3 is 11.9 Å². The molecule has 6 heteroatoms. The molecule has 0 saturated carbocycles. The van der Waals surface area contributed by atoms with Crippen LogP contribution in [0.3, 0.4) is 0 Å². The summed E-state index contributed by atoms with van der Waals surface area (Å²) in [7, 11) is 2.34. The minimum Gasteiger partial charge on any atom is -0.511 e. The molecule has 1 atom stereocenters. The molecule has 0 aromatic heterocycles. The summed E-state index contributed by atoms with van der Waals surface area (Å²) in [6.07, 6.45) is 0.667. The fraction of sp³-hybridized carbons (Fsp3) is 0.545. The number of ether oxygens (including phenoxy) is 2. The highest BCUT2D eigenvalue weighted by Gasteiger charge is 2.22. The van der Waals surface area contributed by atoms with Crippen molar-refractivity contribution >= 4 is 17.7 Å². The number of hydrogen-bond acceptors (Lipinski definition) is 6. The lowest BCUT2D eigenvalue weighted by Crippen LogP contribution is -2.19. The van der Waals surface area contributed by atoms with Crippen molar-refractivity contribution in [2.45, 2.75) is 19.8 Å². The first-order valence-electron chi connectivity index (χ1n) is 5.04. The highest BCUT2D eigenvalue weighted by atomic mass is 16.5. The molecule has 6 nitrogen and oxygen atoms in total. The number of esters is 2. The molecule has 0 aromatic carbocycles. The van der Waals surface area contributed by atoms with Gasteiger partial charge in [0.25, 0.3) is 0 Å². The van der Waals surface area contributed by atoms with Crippen LogP contribution in [0.5, 0.6) is 0 Å². The van der Waals surface area contributed by atoms with Crippen LogP contribution in [0.2, 0.25) is 0 Å². The normalized spacial score (nSPS) is 12.8. The van der Waals surface area contributed by atoms with Crippen LogP contribution >= 0.6 is 0 Å². The first kappa shape index (κ1) is 15.2. The molecule has 0 radical (unpaired) electrons. The van der Waals surface area contributed by atoms with E-state index in [1.54, 1.807) is 6.92 Å². The van der Waals surface area contributed by atoms with Gasteiger partial charge in [-0.25, -0.2) is 0 Å². The van der Waals surface area contributed by atoms with Gasteiger partial charge < -0.3 is 14.6 Å². The third-order valence-electron chi connectivity index (χ3n) is 2.11. The second-order valence-corrected chi connectivity index (χ2v) is 3.27. The Balaban J connectivity index is 4.65. The van der Waals surface area contributed by atoms with Crippen molar-refractivity contribution in [3.8, 4) is 0 Å². The molecule has 0 aliphatic rings. The van der Waals surface area contributed by atoms with E-state index in [9.17, 15) is 19.5 Å². The summed E-state index contributed by atoms with van der Waals surface area (Å²) in [5.41, 5.74) is 0. The van der Waals surface area contributed by atoms with Crippen LogP contribution in [-0.4, -0.2) is 37.0 Å². The number of rotatable bonds is 6. The summed E-state index contributed by atoms with van der Waals surface area (Å²) in [4.78, 5) is 33.3. The number of hydrogen-bond donors (Lipinski definition) is 1. The van der Waals surface area contributed by atoms with Crippen molar-refractivity contribution in [1.29, 1.82) is 0 Å². The van der Waals surface area contributed by atoms with Gasteiger partial charge in [-0.3, -0.25) is 14.4 Å². The fourth-order valence-corrected chi connectivity index (χ4v) is 1.17. The van der Waals surface area contributed by atoms with Crippen LogP contribution in [0.25, 0.3) is 0 Å². The molecule has 0 aliphatic carbocycles. The lowest BCUT2D eigenvalue weighted by Gasteiger charge is -2.10. The Labute approximate surface area is 99.2 Å². The van der Waals surface area contributed by atoms with Crippen LogP contribution in [0.15, 0.2) is 11.8 Å². The van der Waals surface area contributed by atoms with E-state index in [2.05, 4.69) is 9.47 Å². The van der Waals surface area contributed by atoms with Crippen molar-refractivity contribution in [2.24, 2.45) is 5.92 Å². The zero-order valence-electron chi connectivity index (χ0n) is 10.1. The molecule has 0 aliphatic heterocycles. The lowest BCUT2D eigenvalue weighted by atomic mass is 10.0. The number of aliphatic hydroxyl groups excluding tert-OH is 1. The molecule has 0 fully saturated rings. The van der Waals surface area contributed by atoms with E-state index in [1.807, 2.05) is 0 Å². The molecule has 0 rings (SSSR count). The summed E-state index contributed by atoms with van der Waals surface area (Å²) in [5.74, 6) is -3.26. The second kappa shape index (κ2) is 7.43. The van der Waals surface area contributed by atoms with Crippen LogP contribution < -0.4 is 0 Å². The molecule has 0 saturated heterocycles. The number of aliphatic hydroxyl groups is 1. The van der Waals surface area contributed by atoms with E-state index in [0.29, 0.717) is 6.42 Å². The number of ketones is 1. The molecule has 0 aromatic rings. The topological polar surface area (TPSA) is 89.9 Å². The van der Waals surface area contributed by atoms with Gasteiger partial charge in [-0.2, -0.15) is 0 Å². The van der Waals surface area contributed by atoms with Gasteiger partial charge in [0, 0.05) is 6.08 Å². The molecular formula is C11H16O6. The van der Waals surface area contributed by atoms with Crippen molar-refractivity contribution in [2.75, 3.05) is 14.2 Å². The molecule has 0 heterocycles. The SMILES string of the molecule is CCC(C(=O)OC)/C(O)=C/C(=O)CC(=O)OC. The summed E-state index contributed by atoms with van der Waals surface area (Å²) in [6.45, 7) is 1.66. The maximum Gasteiger partial charge on any atom is 0.316 e. The predicted octanol–water partition coefficient (Wildman–Crippen LogP) is 0.760. The number of allylic oxidation sites excluding steroid dienone is 1. The maximum atomic E-state index is 11.3. The van der Waals surface area contributed by atoms with E-state index in [0.717, 1.165) is 13.2 Å². The number of methoxy groups -OCH3 is 2. The second-order valence-electron chi connectivity index (χ2n) is 3.27. The first-order valence-corrected chi connectivity index (χ1v) is 5.04. The monoisotopic (exact) mass is 244 g/mol. The Kier molecular flexibility index (Phi) is 6.62. The lowest BCUT2D eigenvalue weighted by molar-refractivity contribution is -0.145. The standard InChI is InChI=1S/C11H16O6/c1-4-8(11(15)17-3)9(13)5-7(12)6-10(14)16-2/h5,8,13H,4,6H2,1-3H3/b9-5-. The molecule has 17 heavy (non-hydrogen) atoms. The molecule has 0 spiro atoms. The smallest absolute Gasteiger partial charge is 0.316 e. The van der Waals surface area contributed by atoms with Gasteiger partial charge in [-0.15, -0.1) is 0 Å². The fourth-order valence-electron chi connectivity index (χ4n) is 1.17. The minimum absolute atomic E-state index is 0.292. The highest BCUT2D eigenvalue weighted by Crippen LogP contribution is 2.14. The van der Waals surface area contributed by atoms with Crippen LogP contribution in [0.1, 0.15) is 19.8 Å². The molecule has 1 N–H and O–H groups in total. The van der Waals surface area contributed by atoms with Gasteiger partial charge in [-0.1, -0.05) is 6.92 Å². The van der Waals surface area contributed by atoms with Crippen molar-refractivity contribution < 1.29 is 29.0 Å². The van der Waals surface area contributed by atoms with Crippen LogP contribution in [-0.2, 0) is 23.9 Å². The average molecular weight is 244 g/mol. The van der Waals surface area contributed by atoms with Crippen molar-refractivity contribution in [3.63, 3.8) is 0 Å². The zero-order chi connectivity index (χ0) is 13.4. The van der Waals surface area contributed by atoms with E-state index < -0.39 is 35.8 Å². The predicted molar refractivity (Wildman–Crippen MR) is 58.1 cm³/mol. The summed E-state index contributed by atoms with van der Waals surface area (Å²) < 4.78 is 8.76. The number of carbonyl (C=O) groups excluding carboxylic acids is 3. The first-order chi connectivity index (χ1) is 7.96. The quantitative estimate of drug-likeness (QED) is 0.321. The van der Waals surface area contributed by atoms with E-state index >= 15 is 0 Å². The summed E-state index contributed by atoms with van der Waals surface area (Å²) in [6, 6.07) is 0. The van der Waals surface area contributed by atoms with Crippen LogP contribution in [0, 0.1) is 5.92 Å². The Bertz CT molecular complexity index is 331. The van der Waals surface area contributed by atoms with Gasteiger partial charge in [-0.05, 0) is 6.42 Å². The summed E-state index contributed by atoms with van der Waals surface area (Å²) in [5, 5.41) is 9.55. The van der Waals surface area contributed by atoms with Gasteiger partial charge in [0.2, 0.25) is 0 Å². The van der Waals surface area contributed by atoms with Crippen molar-refractivity contribution in [3.05, 3.63) is 11.8 Å². The zero-order valence-corrected chi connectivity index (χ0v) is 10.1. The largest absolute Gasteiger partial charge is 0.511 e. The minimum atomic E-state index is -0.887. The van der Waals surface area contributed by atoms with E-state index in [-0.39, 0.29) is 0 Å². The van der Waals surface area contributed by atoms with Crippen LogP contribution in [0.4, 0.5) is 0 Å². The number of carbonyl (C=O) groups is 3. The van der Waals surface area contributed by atoms with E-state index in [4.69, 9.17) is 0 Å². The Morgan fingerprint density at radius 1 is 1.24 bits per heavy atom. The Morgan fingerprint density at radius 3 is 2.24 bits per heavy atom. The molecule has 1 unspecified atom stereocenters. The molecular weight excluding hydrogens is 228 g/mol. The van der Waals surface area contributed by atoms with Gasteiger partial charge in [0.05, 0.1) is 14.2 Å². The van der Waals surface area contributed by atoms with E-state index in [1.165, 1.54) is 7.11 Å². The Morgan fingerprint density at radius 2 is 1.82 bits per heavy atom. The third kappa shape index (κ3) is 5.14. The summed E-state index contributed by atoms with van der Waals surface area (Å²) >= 11 is 0. The average Bonchev–Trinajstić information content (AvgIpc) is 2.28. The maximum absolute atomic E-state index is 11.3. The molecule has 0 amide bonds. The molecule has 0 bridgehead atoms. The van der Waals surface area contributed by atoms with Crippen molar-refractivity contribution in [1.82, 2.24) is 0 Å². The Hall–Kier alpha value is -1.85. The van der Waals surface area contributed by atoms with Gasteiger partial charge in [0.15, 0.2) is 5.78 Å².